The van der Waals surface area contributed by atoms with E-state index in [0.717, 1.165) is 0 Å². The predicted molar refractivity (Wildman–Crippen MR) is 66.9 cm³/mol. The van der Waals surface area contributed by atoms with Crippen LogP contribution in [0.15, 0.2) is 37.2 Å². The summed E-state index contributed by atoms with van der Waals surface area (Å²) in [5.41, 5.74) is 0.456. The fourth-order valence-electron chi connectivity index (χ4n) is 1.42. The first-order valence-electron chi connectivity index (χ1n) is 5.58. The fourth-order valence-corrected chi connectivity index (χ4v) is 1.42. The Labute approximate surface area is 106 Å². The summed E-state index contributed by atoms with van der Waals surface area (Å²) < 4.78 is 4.65. The van der Waals surface area contributed by atoms with E-state index in [1.807, 2.05) is 0 Å². The number of nitrogens with zero attached hydrogens (tertiary/aromatic N) is 1. The van der Waals surface area contributed by atoms with Crippen molar-refractivity contribution in [3.8, 4) is 0 Å². The summed E-state index contributed by atoms with van der Waals surface area (Å²) in [5.74, 6) is -0.781. The number of allylic oxidation sites excluding steroid dienone is 1. The molecule has 18 heavy (non-hydrogen) atoms. The molecule has 0 saturated heterocycles. The van der Waals surface area contributed by atoms with Crippen molar-refractivity contribution in [2.45, 2.75) is 18.9 Å². The van der Waals surface area contributed by atoms with Crippen LogP contribution in [0.4, 0.5) is 0 Å². The number of esters is 1. The van der Waals surface area contributed by atoms with Gasteiger partial charge in [0.2, 0.25) is 0 Å². The van der Waals surface area contributed by atoms with Gasteiger partial charge in [-0.25, -0.2) is 4.79 Å². The summed E-state index contributed by atoms with van der Waals surface area (Å²) >= 11 is 0. The maximum atomic E-state index is 11.9. The molecule has 5 heteroatoms. The Kier molecular flexibility index (Phi) is 5.57. The van der Waals surface area contributed by atoms with Crippen LogP contribution in [-0.2, 0) is 9.53 Å². The topological polar surface area (TPSA) is 68.3 Å². The third-order valence-electron chi connectivity index (χ3n) is 2.39. The highest BCUT2D eigenvalue weighted by Gasteiger charge is 2.21. The molecular formula is C13H16N2O3. The largest absolute Gasteiger partial charge is 0.467 e. The first-order valence-corrected chi connectivity index (χ1v) is 5.58. The zero-order valence-corrected chi connectivity index (χ0v) is 10.3. The lowest BCUT2D eigenvalue weighted by molar-refractivity contribution is -0.143. The molecule has 1 atom stereocenters. The Morgan fingerprint density at radius 3 is 2.72 bits per heavy atom. The van der Waals surface area contributed by atoms with Gasteiger partial charge in [0.1, 0.15) is 6.04 Å². The highest BCUT2D eigenvalue weighted by molar-refractivity contribution is 5.96. The average molecular weight is 248 g/mol. The maximum absolute atomic E-state index is 11.9. The number of amides is 1. The monoisotopic (exact) mass is 248 g/mol. The molecule has 1 rings (SSSR count). The Hall–Kier alpha value is -2.17. The van der Waals surface area contributed by atoms with E-state index < -0.39 is 12.0 Å². The minimum Gasteiger partial charge on any atom is -0.467 e. The van der Waals surface area contributed by atoms with Gasteiger partial charge in [0.05, 0.1) is 7.11 Å². The fraction of sp³-hybridized carbons (Fsp3) is 0.308. The first-order chi connectivity index (χ1) is 8.69. The molecule has 1 aromatic heterocycles. The molecule has 0 saturated carbocycles. The molecule has 1 N–H and O–H groups in total. The van der Waals surface area contributed by atoms with Gasteiger partial charge in [0, 0.05) is 18.0 Å². The number of hydrogen-bond donors (Lipinski definition) is 1. The van der Waals surface area contributed by atoms with Crippen LogP contribution in [0, 0.1) is 0 Å². The van der Waals surface area contributed by atoms with E-state index in [1.54, 1.807) is 18.2 Å². The van der Waals surface area contributed by atoms with E-state index in [-0.39, 0.29) is 5.91 Å². The zero-order valence-electron chi connectivity index (χ0n) is 10.3. The minimum atomic E-state index is -0.659. The zero-order chi connectivity index (χ0) is 13.4. The molecule has 0 aliphatic rings. The number of pyridine rings is 1. The lowest BCUT2D eigenvalue weighted by Crippen LogP contribution is -2.41. The van der Waals surface area contributed by atoms with Gasteiger partial charge in [-0.1, -0.05) is 6.08 Å². The van der Waals surface area contributed by atoms with Crippen LogP contribution in [0.2, 0.25) is 0 Å². The molecule has 0 aliphatic carbocycles. The highest BCUT2D eigenvalue weighted by Crippen LogP contribution is 2.03. The van der Waals surface area contributed by atoms with Crippen molar-refractivity contribution in [1.29, 1.82) is 0 Å². The lowest BCUT2D eigenvalue weighted by Gasteiger charge is -2.15. The van der Waals surface area contributed by atoms with E-state index in [4.69, 9.17) is 0 Å². The number of rotatable bonds is 6. The smallest absolute Gasteiger partial charge is 0.328 e. The first kappa shape index (κ1) is 13.9. The molecule has 1 amide bonds. The summed E-state index contributed by atoms with van der Waals surface area (Å²) in [7, 11) is 1.29. The van der Waals surface area contributed by atoms with Crippen LogP contribution < -0.4 is 5.32 Å². The van der Waals surface area contributed by atoms with Gasteiger partial charge in [-0.05, 0) is 25.0 Å². The Morgan fingerprint density at radius 1 is 1.50 bits per heavy atom. The second-order valence-corrected chi connectivity index (χ2v) is 3.65. The molecule has 0 bridgehead atoms. The van der Waals surface area contributed by atoms with Crippen LogP contribution in [0.5, 0.6) is 0 Å². The van der Waals surface area contributed by atoms with Gasteiger partial charge in [-0.3, -0.25) is 9.78 Å². The van der Waals surface area contributed by atoms with Crippen LogP contribution in [0.3, 0.4) is 0 Å². The molecule has 96 valence electrons. The van der Waals surface area contributed by atoms with Crippen LogP contribution >= 0.6 is 0 Å². The Morgan fingerprint density at radius 2 is 2.17 bits per heavy atom. The van der Waals surface area contributed by atoms with Gasteiger partial charge in [-0.2, -0.15) is 0 Å². The Bertz CT molecular complexity index is 418. The molecule has 0 unspecified atom stereocenters. The molecule has 1 aromatic rings. The lowest BCUT2D eigenvalue weighted by atomic mass is 10.1. The number of carbonyl (C=O) groups is 2. The molecule has 0 fully saturated rings. The van der Waals surface area contributed by atoms with Crippen LogP contribution in [-0.4, -0.2) is 30.0 Å². The summed E-state index contributed by atoms with van der Waals surface area (Å²) in [5, 5.41) is 2.63. The summed E-state index contributed by atoms with van der Waals surface area (Å²) in [6, 6.07) is 2.50. The second-order valence-electron chi connectivity index (χ2n) is 3.65. The quantitative estimate of drug-likeness (QED) is 0.609. The number of carbonyl (C=O) groups excluding carboxylic acids is 2. The van der Waals surface area contributed by atoms with Crippen molar-refractivity contribution in [3.63, 3.8) is 0 Å². The third kappa shape index (κ3) is 4.01. The molecular weight excluding hydrogens is 232 g/mol. The number of methoxy groups -OCH3 is 1. The standard InChI is InChI=1S/C13H16N2O3/c1-3-4-5-11(13(17)18-2)15-12(16)10-6-8-14-9-7-10/h3,6-9,11H,1,4-5H2,2H3,(H,15,16)/t11-/m0/s1. The average Bonchev–Trinajstić information content (AvgIpc) is 2.43. The Balaban J connectivity index is 2.68. The van der Waals surface area contributed by atoms with Gasteiger partial charge in [-0.15, -0.1) is 6.58 Å². The number of nitrogens with one attached hydrogen (secondary N) is 1. The normalized spacial score (nSPS) is 11.4. The van der Waals surface area contributed by atoms with Crippen LogP contribution in [0.1, 0.15) is 23.2 Å². The summed E-state index contributed by atoms with van der Waals surface area (Å²) in [4.78, 5) is 27.2. The van der Waals surface area contributed by atoms with Crippen molar-refractivity contribution >= 4 is 11.9 Å². The molecule has 0 aromatic carbocycles. The number of hydrogen-bond acceptors (Lipinski definition) is 4. The van der Waals surface area contributed by atoms with E-state index in [9.17, 15) is 9.59 Å². The van der Waals surface area contributed by atoms with Gasteiger partial charge < -0.3 is 10.1 Å². The highest BCUT2D eigenvalue weighted by atomic mass is 16.5. The van der Waals surface area contributed by atoms with E-state index in [0.29, 0.717) is 18.4 Å². The molecule has 0 radical (unpaired) electrons. The van der Waals surface area contributed by atoms with Crippen LogP contribution in [0.25, 0.3) is 0 Å². The molecule has 5 nitrogen and oxygen atoms in total. The van der Waals surface area contributed by atoms with Crippen molar-refractivity contribution in [2.24, 2.45) is 0 Å². The van der Waals surface area contributed by atoms with Crippen molar-refractivity contribution in [3.05, 3.63) is 42.7 Å². The van der Waals surface area contributed by atoms with E-state index in [1.165, 1.54) is 19.5 Å². The predicted octanol–water partition coefficient (Wildman–Crippen LogP) is 1.32. The maximum Gasteiger partial charge on any atom is 0.328 e. The van der Waals surface area contributed by atoms with Crippen molar-refractivity contribution < 1.29 is 14.3 Å². The second kappa shape index (κ2) is 7.21. The SMILES string of the molecule is C=CCC[C@H](NC(=O)c1ccncc1)C(=O)OC. The van der Waals surface area contributed by atoms with Gasteiger partial charge in [0.25, 0.3) is 5.91 Å². The molecule has 1 heterocycles. The molecule has 0 spiro atoms. The van der Waals surface area contributed by atoms with Crippen molar-refractivity contribution in [2.75, 3.05) is 7.11 Å². The summed E-state index contributed by atoms with van der Waals surface area (Å²) in [6.07, 6.45) is 5.82. The van der Waals surface area contributed by atoms with E-state index in [2.05, 4.69) is 21.6 Å². The van der Waals surface area contributed by atoms with Crippen molar-refractivity contribution in [1.82, 2.24) is 10.3 Å². The van der Waals surface area contributed by atoms with Gasteiger partial charge in [0.15, 0.2) is 0 Å². The summed E-state index contributed by atoms with van der Waals surface area (Å²) in [6.45, 7) is 3.58. The minimum absolute atomic E-state index is 0.322. The third-order valence-corrected chi connectivity index (χ3v) is 2.39. The van der Waals surface area contributed by atoms with Gasteiger partial charge >= 0.3 is 5.97 Å². The number of aromatic nitrogens is 1. The number of ether oxygens (including phenoxy) is 1. The molecule has 0 aliphatic heterocycles. The van der Waals surface area contributed by atoms with E-state index >= 15 is 0 Å².